The maximum Gasteiger partial charge on any atom is 0.164 e. The summed E-state index contributed by atoms with van der Waals surface area (Å²) in [4.78, 5) is 16.0. The summed E-state index contributed by atoms with van der Waals surface area (Å²) in [6.07, 6.45) is 3.02. The number of carbonyl (C=O) groups excluding carboxylic acids is 1. The fraction of sp³-hybridized carbons (Fsp3) is 0.667. The number of ether oxygens (including phenoxy) is 4. The first kappa shape index (κ1) is 21.5. The van der Waals surface area contributed by atoms with E-state index < -0.39 is 0 Å². The highest BCUT2D eigenvalue weighted by molar-refractivity contribution is 5.95. The van der Waals surface area contributed by atoms with E-state index in [1.54, 1.807) is 19.4 Å². The van der Waals surface area contributed by atoms with E-state index in [9.17, 15) is 4.79 Å². The number of pyridine rings is 1. The zero-order valence-electron chi connectivity index (χ0n) is 15.3. The quantitative estimate of drug-likeness (QED) is 0.360. The molecule has 1 aromatic heterocycles. The SMILES string of the molecule is CCCC(=O)c1ccc(NCCOCCOCCOCCOC)nc1. The Labute approximate surface area is 150 Å². The van der Waals surface area contributed by atoms with Gasteiger partial charge in [-0.05, 0) is 18.6 Å². The van der Waals surface area contributed by atoms with Crippen LogP contribution in [0.5, 0.6) is 0 Å². The molecule has 0 aromatic carbocycles. The molecule has 142 valence electrons. The summed E-state index contributed by atoms with van der Waals surface area (Å²) in [5.41, 5.74) is 0.659. The zero-order valence-corrected chi connectivity index (χ0v) is 15.3. The molecule has 7 heteroatoms. The van der Waals surface area contributed by atoms with Crippen LogP contribution in [0, 0.1) is 0 Å². The topological polar surface area (TPSA) is 78.9 Å². The summed E-state index contributed by atoms with van der Waals surface area (Å²) in [5, 5.41) is 3.15. The summed E-state index contributed by atoms with van der Waals surface area (Å²) < 4.78 is 21.0. The van der Waals surface area contributed by atoms with E-state index in [-0.39, 0.29) is 5.78 Å². The fourth-order valence-electron chi connectivity index (χ4n) is 1.97. The van der Waals surface area contributed by atoms with Crippen molar-refractivity contribution in [1.82, 2.24) is 4.98 Å². The lowest BCUT2D eigenvalue weighted by Crippen LogP contribution is -2.14. The molecule has 0 amide bonds. The van der Waals surface area contributed by atoms with Gasteiger partial charge in [0.15, 0.2) is 5.78 Å². The van der Waals surface area contributed by atoms with E-state index in [0.29, 0.717) is 64.8 Å². The van der Waals surface area contributed by atoms with Crippen molar-refractivity contribution in [3.63, 3.8) is 0 Å². The van der Waals surface area contributed by atoms with Crippen molar-refractivity contribution in [2.75, 3.05) is 65.2 Å². The number of aromatic nitrogens is 1. The molecule has 0 saturated carbocycles. The highest BCUT2D eigenvalue weighted by atomic mass is 16.6. The largest absolute Gasteiger partial charge is 0.382 e. The number of Topliss-reactive ketones (excluding diaryl/α,β-unsaturated/α-hetero) is 1. The fourth-order valence-corrected chi connectivity index (χ4v) is 1.97. The maximum absolute atomic E-state index is 11.7. The Morgan fingerprint density at radius 1 is 1.00 bits per heavy atom. The third-order valence-corrected chi connectivity index (χ3v) is 3.29. The second kappa shape index (κ2) is 14.8. The molecule has 0 radical (unpaired) electrons. The molecule has 0 unspecified atom stereocenters. The van der Waals surface area contributed by atoms with Crippen LogP contribution in [0.15, 0.2) is 18.3 Å². The standard InChI is InChI=1S/C18H30N2O5/c1-3-4-17(21)16-5-6-18(20-15-16)19-7-8-23-11-12-25-14-13-24-10-9-22-2/h5-6,15H,3-4,7-14H2,1-2H3,(H,19,20). The smallest absolute Gasteiger partial charge is 0.164 e. The molecule has 7 nitrogen and oxygen atoms in total. The van der Waals surface area contributed by atoms with Gasteiger partial charge in [-0.2, -0.15) is 0 Å². The van der Waals surface area contributed by atoms with Gasteiger partial charge in [-0.1, -0.05) is 6.92 Å². The molecule has 1 rings (SSSR count). The summed E-state index contributed by atoms with van der Waals surface area (Å²) in [7, 11) is 1.64. The van der Waals surface area contributed by atoms with E-state index in [4.69, 9.17) is 18.9 Å². The van der Waals surface area contributed by atoms with Crippen LogP contribution >= 0.6 is 0 Å². The van der Waals surface area contributed by atoms with Crippen LogP contribution in [0.3, 0.4) is 0 Å². The molecule has 0 aliphatic heterocycles. The third-order valence-electron chi connectivity index (χ3n) is 3.29. The van der Waals surface area contributed by atoms with Gasteiger partial charge >= 0.3 is 0 Å². The first-order valence-electron chi connectivity index (χ1n) is 8.73. The number of ketones is 1. The van der Waals surface area contributed by atoms with Crippen molar-refractivity contribution >= 4 is 11.6 Å². The minimum absolute atomic E-state index is 0.133. The van der Waals surface area contributed by atoms with Gasteiger partial charge in [-0.3, -0.25) is 4.79 Å². The molecular formula is C18H30N2O5. The van der Waals surface area contributed by atoms with Crippen molar-refractivity contribution < 1.29 is 23.7 Å². The molecule has 25 heavy (non-hydrogen) atoms. The van der Waals surface area contributed by atoms with Gasteiger partial charge in [0.2, 0.25) is 0 Å². The summed E-state index contributed by atoms with van der Waals surface area (Å²) in [6, 6.07) is 3.62. The monoisotopic (exact) mass is 354 g/mol. The van der Waals surface area contributed by atoms with Gasteiger partial charge in [0, 0.05) is 31.8 Å². The molecule has 1 heterocycles. The Morgan fingerprint density at radius 3 is 2.20 bits per heavy atom. The van der Waals surface area contributed by atoms with E-state index >= 15 is 0 Å². The minimum Gasteiger partial charge on any atom is -0.382 e. The van der Waals surface area contributed by atoms with Crippen molar-refractivity contribution in [3.8, 4) is 0 Å². The van der Waals surface area contributed by atoms with Gasteiger partial charge < -0.3 is 24.3 Å². The van der Waals surface area contributed by atoms with E-state index in [2.05, 4.69) is 10.3 Å². The van der Waals surface area contributed by atoms with Crippen LogP contribution in [0.1, 0.15) is 30.1 Å². The number of hydrogen-bond acceptors (Lipinski definition) is 7. The van der Waals surface area contributed by atoms with Crippen LogP contribution in [0.2, 0.25) is 0 Å². The highest BCUT2D eigenvalue weighted by Gasteiger charge is 2.04. The number of nitrogens with zero attached hydrogens (tertiary/aromatic N) is 1. The summed E-state index contributed by atoms with van der Waals surface area (Å²) >= 11 is 0. The molecule has 0 aliphatic rings. The predicted octanol–water partition coefficient (Wildman–Crippen LogP) is 2.17. The van der Waals surface area contributed by atoms with Gasteiger partial charge in [-0.15, -0.1) is 0 Å². The number of methoxy groups -OCH3 is 1. The van der Waals surface area contributed by atoms with Gasteiger partial charge in [0.05, 0.1) is 46.2 Å². The van der Waals surface area contributed by atoms with E-state index in [1.807, 2.05) is 13.0 Å². The van der Waals surface area contributed by atoms with Crippen molar-refractivity contribution in [2.45, 2.75) is 19.8 Å². The molecule has 0 atom stereocenters. The van der Waals surface area contributed by atoms with Crippen molar-refractivity contribution in [2.24, 2.45) is 0 Å². The summed E-state index contributed by atoms with van der Waals surface area (Å²) in [5.74, 6) is 0.870. The molecule has 0 spiro atoms. The number of nitrogens with one attached hydrogen (secondary N) is 1. The molecule has 0 saturated heterocycles. The lowest BCUT2D eigenvalue weighted by atomic mass is 10.1. The predicted molar refractivity (Wildman–Crippen MR) is 96.3 cm³/mol. The Hall–Kier alpha value is -1.54. The lowest BCUT2D eigenvalue weighted by Gasteiger charge is -2.08. The molecule has 0 fully saturated rings. The van der Waals surface area contributed by atoms with Crippen molar-refractivity contribution in [1.29, 1.82) is 0 Å². The molecule has 1 aromatic rings. The van der Waals surface area contributed by atoms with Crippen molar-refractivity contribution in [3.05, 3.63) is 23.9 Å². The third kappa shape index (κ3) is 10.8. The Kier molecular flexibility index (Phi) is 12.7. The highest BCUT2D eigenvalue weighted by Crippen LogP contribution is 2.08. The first-order chi connectivity index (χ1) is 12.3. The Bertz CT molecular complexity index is 453. The average molecular weight is 354 g/mol. The normalized spacial score (nSPS) is 10.8. The Balaban J connectivity index is 1.97. The Morgan fingerprint density at radius 2 is 1.64 bits per heavy atom. The number of rotatable bonds is 16. The maximum atomic E-state index is 11.7. The van der Waals surface area contributed by atoms with Gasteiger partial charge in [-0.25, -0.2) is 4.98 Å². The van der Waals surface area contributed by atoms with Crippen LogP contribution in [0.4, 0.5) is 5.82 Å². The van der Waals surface area contributed by atoms with E-state index in [0.717, 1.165) is 12.2 Å². The second-order valence-corrected chi connectivity index (χ2v) is 5.36. The van der Waals surface area contributed by atoms with Crippen LogP contribution in [-0.4, -0.2) is 70.7 Å². The van der Waals surface area contributed by atoms with Gasteiger partial charge in [0.25, 0.3) is 0 Å². The van der Waals surface area contributed by atoms with Crippen LogP contribution < -0.4 is 5.32 Å². The summed E-state index contributed by atoms with van der Waals surface area (Å²) in [6.45, 7) is 6.58. The van der Waals surface area contributed by atoms with E-state index in [1.165, 1.54) is 0 Å². The average Bonchev–Trinajstić information content (AvgIpc) is 2.63. The van der Waals surface area contributed by atoms with Gasteiger partial charge in [0.1, 0.15) is 5.82 Å². The van der Waals surface area contributed by atoms with Crippen LogP contribution in [-0.2, 0) is 18.9 Å². The molecular weight excluding hydrogens is 324 g/mol. The lowest BCUT2D eigenvalue weighted by molar-refractivity contribution is 0.00495. The molecule has 1 N–H and O–H groups in total. The molecule has 0 aliphatic carbocycles. The number of hydrogen-bond donors (Lipinski definition) is 1. The minimum atomic E-state index is 0.133. The number of carbonyl (C=O) groups is 1. The first-order valence-corrected chi connectivity index (χ1v) is 8.73. The zero-order chi connectivity index (χ0) is 18.2. The number of anilines is 1. The van der Waals surface area contributed by atoms with Crippen LogP contribution in [0.25, 0.3) is 0 Å². The molecule has 0 bridgehead atoms. The second-order valence-electron chi connectivity index (χ2n) is 5.36.